The number of nitrogens with one attached hydrogen (secondary N) is 1. The van der Waals surface area contributed by atoms with Crippen molar-refractivity contribution in [2.24, 2.45) is 7.05 Å². The maximum atomic E-state index is 5.27. The third-order valence-electron chi connectivity index (χ3n) is 2.52. The summed E-state index contributed by atoms with van der Waals surface area (Å²) in [5, 5.41) is 6.36. The Kier molecular flexibility index (Phi) is 3.71. The fraction of sp³-hybridized carbons (Fsp3) is 0.700. The molecular formula is C10H18N4O. The highest BCUT2D eigenvalue weighted by atomic mass is 16.5. The van der Waals surface area contributed by atoms with Gasteiger partial charge in [0.15, 0.2) is 0 Å². The van der Waals surface area contributed by atoms with Crippen molar-refractivity contribution in [1.29, 1.82) is 0 Å². The average Bonchev–Trinajstić information content (AvgIpc) is 2.66. The fourth-order valence-electron chi connectivity index (χ4n) is 1.68. The number of hydrazine groups is 1. The molecule has 0 amide bonds. The van der Waals surface area contributed by atoms with Gasteiger partial charge in [0.05, 0.1) is 19.4 Å². The van der Waals surface area contributed by atoms with Crippen LogP contribution in [0.4, 0.5) is 0 Å². The first-order valence-electron chi connectivity index (χ1n) is 5.38. The van der Waals surface area contributed by atoms with Crippen LogP contribution in [0, 0.1) is 0 Å². The van der Waals surface area contributed by atoms with Crippen molar-refractivity contribution in [2.75, 3.05) is 32.8 Å². The molecule has 0 radical (unpaired) electrons. The van der Waals surface area contributed by atoms with Crippen molar-refractivity contribution in [3.8, 4) is 0 Å². The predicted octanol–water partition coefficient (Wildman–Crippen LogP) is -0.201. The van der Waals surface area contributed by atoms with Crippen LogP contribution in [-0.4, -0.2) is 47.6 Å². The first-order valence-corrected chi connectivity index (χ1v) is 5.38. The summed E-state index contributed by atoms with van der Waals surface area (Å²) in [7, 11) is 1.94. The Morgan fingerprint density at radius 2 is 2.27 bits per heavy atom. The maximum Gasteiger partial charge on any atom is 0.0608 e. The van der Waals surface area contributed by atoms with E-state index >= 15 is 0 Å². The van der Waals surface area contributed by atoms with Crippen LogP contribution in [0.3, 0.4) is 0 Å². The van der Waals surface area contributed by atoms with E-state index in [2.05, 4.69) is 21.7 Å². The van der Waals surface area contributed by atoms with Gasteiger partial charge in [-0.15, -0.1) is 0 Å². The monoisotopic (exact) mass is 210 g/mol. The Labute approximate surface area is 90.0 Å². The molecule has 0 saturated carbocycles. The van der Waals surface area contributed by atoms with Gasteiger partial charge in [-0.25, -0.2) is 5.01 Å². The minimum atomic E-state index is 0.833. The normalized spacial score (nSPS) is 18.2. The molecule has 5 nitrogen and oxygen atoms in total. The molecule has 1 saturated heterocycles. The van der Waals surface area contributed by atoms with E-state index in [4.69, 9.17) is 4.74 Å². The summed E-state index contributed by atoms with van der Waals surface area (Å²) >= 11 is 0. The van der Waals surface area contributed by atoms with Crippen LogP contribution in [0.2, 0.25) is 0 Å². The predicted molar refractivity (Wildman–Crippen MR) is 57.3 cm³/mol. The Balaban J connectivity index is 1.65. The van der Waals surface area contributed by atoms with Crippen molar-refractivity contribution in [2.45, 2.75) is 6.42 Å². The topological polar surface area (TPSA) is 42.3 Å². The van der Waals surface area contributed by atoms with E-state index < -0.39 is 0 Å². The van der Waals surface area contributed by atoms with Gasteiger partial charge in [-0.1, -0.05) is 0 Å². The van der Waals surface area contributed by atoms with Crippen molar-refractivity contribution in [1.82, 2.24) is 20.2 Å². The van der Waals surface area contributed by atoms with E-state index in [1.807, 2.05) is 17.9 Å². The van der Waals surface area contributed by atoms with Gasteiger partial charge in [-0.3, -0.25) is 10.1 Å². The number of nitrogens with zero attached hydrogens (tertiary/aromatic N) is 3. The lowest BCUT2D eigenvalue weighted by molar-refractivity contribution is 0.0123. The number of aryl methyl sites for hydroxylation is 1. The van der Waals surface area contributed by atoms with Crippen LogP contribution in [-0.2, 0) is 18.2 Å². The molecule has 0 unspecified atom stereocenters. The highest BCUT2D eigenvalue weighted by Crippen LogP contribution is 1.97. The Bertz CT molecular complexity index is 293. The molecule has 1 aromatic rings. The molecule has 0 bridgehead atoms. The van der Waals surface area contributed by atoms with Gasteiger partial charge < -0.3 is 4.74 Å². The molecule has 0 aliphatic carbocycles. The summed E-state index contributed by atoms with van der Waals surface area (Å²) in [5.74, 6) is 0. The van der Waals surface area contributed by atoms with Gasteiger partial charge in [0.1, 0.15) is 0 Å². The summed E-state index contributed by atoms with van der Waals surface area (Å²) in [6.45, 7) is 4.59. The highest BCUT2D eigenvalue weighted by molar-refractivity contribution is 5.03. The third-order valence-corrected chi connectivity index (χ3v) is 2.52. The molecule has 2 heterocycles. The summed E-state index contributed by atoms with van der Waals surface area (Å²) < 4.78 is 7.11. The number of hydrogen-bond acceptors (Lipinski definition) is 4. The van der Waals surface area contributed by atoms with Crippen LogP contribution in [0.1, 0.15) is 5.56 Å². The number of ether oxygens (including phenoxy) is 1. The minimum absolute atomic E-state index is 0.833. The Morgan fingerprint density at radius 3 is 2.93 bits per heavy atom. The largest absolute Gasteiger partial charge is 0.379 e. The van der Waals surface area contributed by atoms with E-state index in [9.17, 15) is 0 Å². The van der Waals surface area contributed by atoms with Gasteiger partial charge in [-0.05, 0) is 12.0 Å². The Morgan fingerprint density at radius 1 is 1.47 bits per heavy atom. The molecule has 1 N–H and O–H groups in total. The van der Waals surface area contributed by atoms with Crippen molar-refractivity contribution in [3.63, 3.8) is 0 Å². The molecule has 1 aliphatic rings. The van der Waals surface area contributed by atoms with Gasteiger partial charge >= 0.3 is 0 Å². The minimum Gasteiger partial charge on any atom is -0.379 e. The van der Waals surface area contributed by atoms with Gasteiger partial charge in [0.2, 0.25) is 0 Å². The zero-order chi connectivity index (χ0) is 10.5. The second kappa shape index (κ2) is 5.25. The van der Waals surface area contributed by atoms with Crippen LogP contribution in [0.5, 0.6) is 0 Å². The van der Waals surface area contributed by atoms with Crippen molar-refractivity contribution in [3.05, 3.63) is 18.0 Å². The molecule has 84 valence electrons. The van der Waals surface area contributed by atoms with Crippen molar-refractivity contribution >= 4 is 0 Å². The van der Waals surface area contributed by atoms with Gasteiger partial charge in [0, 0.05) is 32.9 Å². The second-order valence-electron chi connectivity index (χ2n) is 3.78. The summed E-state index contributed by atoms with van der Waals surface area (Å²) in [5.41, 5.74) is 4.67. The molecule has 1 aromatic heterocycles. The number of rotatable bonds is 4. The number of aromatic nitrogens is 2. The number of morpholine rings is 1. The van der Waals surface area contributed by atoms with Crippen LogP contribution < -0.4 is 5.43 Å². The SMILES string of the molecule is Cn1cc(CCNN2CCOCC2)cn1. The van der Waals surface area contributed by atoms with Crippen LogP contribution in [0.15, 0.2) is 12.4 Å². The summed E-state index contributed by atoms with van der Waals surface area (Å²) in [6, 6.07) is 0. The quantitative estimate of drug-likeness (QED) is 0.747. The van der Waals surface area contributed by atoms with E-state index in [-0.39, 0.29) is 0 Å². The summed E-state index contributed by atoms with van der Waals surface area (Å²) in [6.07, 6.45) is 4.99. The van der Waals surface area contributed by atoms with E-state index in [1.165, 1.54) is 5.56 Å². The van der Waals surface area contributed by atoms with Crippen molar-refractivity contribution < 1.29 is 4.74 Å². The molecule has 0 aromatic carbocycles. The zero-order valence-electron chi connectivity index (χ0n) is 9.15. The maximum absolute atomic E-state index is 5.27. The molecule has 15 heavy (non-hydrogen) atoms. The van der Waals surface area contributed by atoms with E-state index in [0.29, 0.717) is 0 Å². The lowest BCUT2D eigenvalue weighted by Gasteiger charge is -2.27. The van der Waals surface area contributed by atoms with E-state index in [1.54, 1.807) is 0 Å². The lowest BCUT2D eigenvalue weighted by Crippen LogP contribution is -2.46. The summed E-state index contributed by atoms with van der Waals surface area (Å²) in [4.78, 5) is 0. The molecular weight excluding hydrogens is 192 g/mol. The van der Waals surface area contributed by atoms with E-state index in [0.717, 1.165) is 39.3 Å². The third kappa shape index (κ3) is 3.30. The molecule has 1 fully saturated rings. The number of hydrogen-bond donors (Lipinski definition) is 1. The molecule has 5 heteroatoms. The van der Waals surface area contributed by atoms with Crippen LogP contribution >= 0.6 is 0 Å². The Hall–Kier alpha value is -0.910. The lowest BCUT2D eigenvalue weighted by atomic mass is 10.2. The molecule has 0 atom stereocenters. The standard InChI is InChI=1S/C10H18N4O/c1-13-9-10(8-12-13)2-3-11-14-4-6-15-7-5-14/h8-9,11H,2-7H2,1H3. The second-order valence-corrected chi connectivity index (χ2v) is 3.78. The van der Waals surface area contributed by atoms with Crippen LogP contribution in [0.25, 0.3) is 0 Å². The zero-order valence-corrected chi connectivity index (χ0v) is 9.15. The molecule has 1 aliphatic heterocycles. The van der Waals surface area contributed by atoms with Gasteiger partial charge in [0.25, 0.3) is 0 Å². The average molecular weight is 210 g/mol. The first-order chi connectivity index (χ1) is 7.34. The first kappa shape index (κ1) is 10.6. The fourth-order valence-corrected chi connectivity index (χ4v) is 1.68. The van der Waals surface area contributed by atoms with Gasteiger partial charge in [-0.2, -0.15) is 5.10 Å². The molecule has 2 rings (SSSR count). The molecule has 0 spiro atoms. The smallest absolute Gasteiger partial charge is 0.0608 e. The highest BCUT2D eigenvalue weighted by Gasteiger charge is 2.08.